The number of sulfonamides is 1. The largest absolute Gasteiger partial charge is 0.364 e. The van der Waals surface area contributed by atoms with Crippen LogP contribution in [0, 0.1) is 0 Å². The zero-order chi connectivity index (χ0) is 29.4. The highest BCUT2D eigenvalue weighted by Crippen LogP contribution is 2.27. The van der Waals surface area contributed by atoms with E-state index >= 15 is 0 Å². The van der Waals surface area contributed by atoms with Crippen LogP contribution in [0.4, 0.5) is 5.69 Å². The number of rotatable bonds is 11. The molecule has 0 bridgehead atoms. The van der Waals surface area contributed by atoms with Crippen molar-refractivity contribution in [1.82, 2.24) is 20.1 Å². The second kappa shape index (κ2) is 13.9. The van der Waals surface area contributed by atoms with Gasteiger partial charge in [-0.05, 0) is 72.8 Å². The predicted octanol–water partition coefficient (Wildman–Crippen LogP) is 4.58. The van der Waals surface area contributed by atoms with Crippen molar-refractivity contribution in [3.8, 4) is 5.75 Å². The average molecular weight is 651 g/mol. The number of hydrogen-bond acceptors (Lipinski definition) is 7. The summed E-state index contributed by atoms with van der Waals surface area (Å²) in [5.41, 5.74) is 1.80. The molecule has 1 aliphatic heterocycles. The monoisotopic (exact) mass is 649 g/mol. The van der Waals surface area contributed by atoms with E-state index in [9.17, 15) is 13.2 Å². The molecule has 1 saturated heterocycles. The fraction of sp³-hybridized carbons (Fsp3) is 0.226. The van der Waals surface area contributed by atoms with Gasteiger partial charge < -0.3 is 10.2 Å². The van der Waals surface area contributed by atoms with Gasteiger partial charge in [0.25, 0.3) is 15.9 Å². The Kier molecular flexibility index (Phi) is 9.85. The minimum Gasteiger partial charge on any atom is -0.364 e. The third-order valence-corrected chi connectivity index (χ3v) is 9.01. The number of aromatic nitrogens is 1. The molecule has 0 saturated carbocycles. The van der Waals surface area contributed by atoms with Crippen molar-refractivity contribution < 1.29 is 18.0 Å². The summed E-state index contributed by atoms with van der Waals surface area (Å²) in [4.78, 5) is 27.7. The highest BCUT2D eigenvalue weighted by atomic mass is 79.9. The minimum atomic E-state index is -4.11. The first-order valence-electron chi connectivity index (χ1n) is 13.7. The van der Waals surface area contributed by atoms with Gasteiger partial charge in [0, 0.05) is 62.0 Å². The van der Waals surface area contributed by atoms with Crippen molar-refractivity contribution in [3.05, 3.63) is 119 Å². The molecule has 4 aromatic rings. The molecule has 1 amide bonds. The quantitative estimate of drug-likeness (QED) is 0.238. The molecule has 1 aromatic heterocycles. The zero-order valence-corrected chi connectivity index (χ0v) is 25.4. The Balaban J connectivity index is 1.16. The van der Waals surface area contributed by atoms with Gasteiger partial charge >= 0.3 is 0 Å². The van der Waals surface area contributed by atoms with Gasteiger partial charge in [0.05, 0.1) is 16.3 Å². The minimum absolute atomic E-state index is 0.00332. The van der Waals surface area contributed by atoms with E-state index in [1.165, 1.54) is 24.3 Å². The number of carbonyl (C=O) groups is 1. The van der Waals surface area contributed by atoms with Crippen LogP contribution >= 0.6 is 15.9 Å². The molecule has 0 atom stereocenters. The van der Waals surface area contributed by atoms with Crippen LogP contribution in [0.2, 0.25) is 0 Å². The first kappa shape index (κ1) is 29.7. The standard InChI is InChI=1S/C31H32BrN5O4S/c32-26-11-13-29(14-12-26)41-37(28-7-2-1-3-8-28)42(39,40)30-15-9-25(10-16-30)31(38)34-18-19-35-20-22-36(23-21-35)24-27-6-4-5-17-33-27/h1-17H,18-24H2,(H,34,38). The molecular weight excluding hydrogens is 618 g/mol. The highest BCUT2D eigenvalue weighted by Gasteiger charge is 2.28. The summed E-state index contributed by atoms with van der Waals surface area (Å²) in [7, 11) is -4.11. The van der Waals surface area contributed by atoms with Crippen LogP contribution in [0.25, 0.3) is 0 Å². The molecule has 2 heterocycles. The molecule has 0 spiro atoms. The Hall–Kier alpha value is -3.77. The third-order valence-electron chi connectivity index (χ3n) is 6.89. The second-order valence-corrected chi connectivity index (χ2v) is 12.5. The maximum absolute atomic E-state index is 13.6. The first-order valence-corrected chi connectivity index (χ1v) is 15.9. The number of carbonyl (C=O) groups excluding carboxylic acids is 1. The Morgan fingerprint density at radius 2 is 1.52 bits per heavy atom. The van der Waals surface area contributed by atoms with Crippen molar-refractivity contribution >= 4 is 37.5 Å². The second-order valence-electron chi connectivity index (χ2n) is 9.83. The SMILES string of the molecule is O=C(NCCN1CCN(Cc2ccccn2)CC1)c1ccc(S(=O)(=O)N(Oc2ccc(Br)cc2)c2ccccc2)cc1. The molecule has 5 rings (SSSR count). The van der Waals surface area contributed by atoms with Gasteiger partial charge in [-0.25, -0.2) is 0 Å². The Bertz CT molecular complexity index is 1550. The van der Waals surface area contributed by atoms with Crippen LogP contribution in [0.15, 0.2) is 113 Å². The van der Waals surface area contributed by atoms with Gasteiger partial charge in [-0.1, -0.05) is 44.7 Å². The normalized spacial score (nSPS) is 14.3. The lowest BCUT2D eigenvalue weighted by Crippen LogP contribution is -2.48. The number of halogens is 1. The van der Waals surface area contributed by atoms with Gasteiger partial charge in [0.2, 0.25) is 0 Å². The van der Waals surface area contributed by atoms with Crippen molar-refractivity contribution in [3.63, 3.8) is 0 Å². The molecule has 0 unspecified atom stereocenters. The summed E-state index contributed by atoms with van der Waals surface area (Å²) >= 11 is 3.37. The summed E-state index contributed by atoms with van der Waals surface area (Å²) in [6, 6.07) is 27.3. The maximum atomic E-state index is 13.6. The number of amides is 1. The maximum Gasteiger partial charge on any atom is 0.295 e. The average Bonchev–Trinajstić information content (AvgIpc) is 3.02. The number of hydrogen-bond donors (Lipinski definition) is 1. The number of pyridine rings is 1. The van der Waals surface area contributed by atoms with Gasteiger partial charge in [-0.2, -0.15) is 8.42 Å². The fourth-order valence-corrected chi connectivity index (χ4v) is 6.10. The lowest BCUT2D eigenvalue weighted by molar-refractivity contribution is 0.0933. The van der Waals surface area contributed by atoms with Crippen LogP contribution in [-0.2, 0) is 16.6 Å². The first-order chi connectivity index (χ1) is 20.4. The van der Waals surface area contributed by atoms with E-state index in [2.05, 4.69) is 36.0 Å². The molecule has 0 aliphatic carbocycles. The molecule has 9 nitrogen and oxygen atoms in total. The van der Waals surface area contributed by atoms with E-state index in [0.717, 1.165) is 53.9 Å². The van der Waals surface area contributed by atoms with Gasteiger partial charge in [0.15, 0.2) is 5.75 Å². The van der Waals surface area contributed by atoms with Crippen LogP contribution in [-0.4, -0.2) is 68.4 Å². The molecule has 1 aliphatic rings. The predicted molar refractivity (Wildman–Crippen MR) is 166 cm³/mol. The zero-order valence-electron chi connectivity index (χ0n) is 23.0. The highest BCUT2D eigenvalue weighted by molar-refractivity contribution is 9.10. The van der Waals surface area contributed by atoms with Gasteiger partial charge in [-0.15, -0.1) is 0 Å². The summed E-state index contributed by atoms with van der Waals surface area (Å²) < 4.78 is 29.0. The fourth-order valence-electron chi connectivity index (χ4n) is 4.58. The van der Waals surface area contributed by atoms with E-state index in [0.29, 0.717) is 23.5 Å². The molecule has 3 aromatic carbocycles. The van der Waals surface area contributed by atoms with Crippen molar-refractivity contribution in [2.45, 2.75) is 11.4 Å². The van der Waals surface area contributed by atoms with Crippen LogP contribution in [0.5, 0.6) is 5.75 Å². The molecule has 218 valence electrons. The Morgan fingerprint density at radius 3 is 2.19 bits per heavy atom. The van der Waals surface area contributed by atoms with E-state index in [1.54, 1.807) is 54.6 Å². The molecule has 1 N–H and O–H groups in total. The third kappa shape index (κ3) is 7.74. The number of anilines is 1. The topological polar surface area (TPSA) is 95.1 Å². The van der Waals surface area contributed by atoms with Crippen molar-refractivity contribution in [2.75, 3.05) is 43.7 Å². The van der Waals surface area contributed by atoms with Crippen molar-refractivity contribution in [1.29, 1.82) is 0 Å². The van der Waals surface area contributed by atoms with E-state index in [-0.39, 0.29) is 10.8 Å². The number of piperazine rings is 1. The molecule has 1 fully saturated rings. The molecule has 0 radical (unpaired) electrons. The molecular formula is C31H32BrN5O4S. The summed E-state index contributed by atoms with van der Waals surface area (Å²) in [5, 5.41) is 2.95. The van der Waals surface area contributed by atoms with Gasteiger partial charge in [0.1, 0.15) is 0 Å². The number of para-hydroxylation sites is 1. The Morgan fingerprint density at radius 1 is 0.857 bits per heavy atom. The van der Waals surface area contributed by atoms with Gasteiger partial charge in [-0.3, -0.25) is 19.6 Å². The lowest BCUT2D eigenvalue weighted by Gasteiger charge is -2.34. The summed E-state index contributed by atoms with van der Waals surface area (Å²) in [6.07, 6.45) is 1.82. The number of benzene rings is 3. The summed E-state index contributed by atoms with van der Waals surface area (Å²) in [5.74, 6) is 0.106. The molecule has 11 heteroatoms. The smallest absolute Gasteiger partial charge is 0.295 e. The van der Waals surface area contributed by atoms with E-state index in [4.69, 9.17) is 4.84 Å². The lowest BCUT2D eigenvalue weighted by atomic mass is 10.2. The summed E-state index contributed by atoms with van der Waals surface area (Å²) in [6.45, 7) is 5.84. The van der Waals surface area contributed by atoms with E-state index < -0.39 is 10.0 Å². The van der Waals surface area contributed by atoms with Crippen LogP contribution in [0.1, 0.15) is 16.1 Å². The molecule has 42 heavy (non-hydrogen) atoms. The van der Waals surface area contributed by atoms with E-state index in [1.807, 2.05) is 24.4 Å². The Labute approximate surface area is 254 Å². The van der Waals surface area contributed by atoms with Crippen molar-refractivity contribution in [2.24, 2.45) is 0 Å². The number of nitrogens with one attached hydrogen (secondary N) is 1. The van der Waals surface area contributed by atoms with Crippen LogP contribution in [0.3, 0.4) is 0 Å². The number of nitrogens with zero attached hydrogens (tertiary/aromatic N) is 4. The van der Waals surface area contributed by atoms with Crippen LogP contribution < -0.4 is 14.6 Å².